The van der Waals surface area contributed by atoms with Gasteiger partial charge in [0.15, 0.2) is 0 Å². The van der Waals surface area contributed by atoms with E-state index in [4.69, 9.17) is 0 Å². The van der Waals surface area contributed by atoms with E-state index in [1.807, 2.05) is 40.1 Å². The molecule has 0 aliphatic carbocycles. The monoisotopic (exact) mass is 205 g/mol. The van der Waals surface area contributed by atoms with Crippen molar-refractivity contribution in [1.82, 2.24) is 4.98 Å². The average Bonchev–Trinajstić information content (AvgIpc) is 2.12. The molecule has 0 aliphatic heterocycles. The molecule has 0 atom stereocenters. The number of aromatic nitrogens is 1. The first-order chi connectivity index (χ1) is 6.89. The summed E-state index contributed by atoms with van der Waals surface area (Å²) in [6.07, 6.45) is 5.07. The summed E-state index contributed by atoms with van der Waals surface area (Å²) in [5, 5.41) is 0. The summed E-state index contributed by atoms with van der Waals surface area (Å²) in [4.78, 5) is 15.8. The van der Waals surface area contributed by atoms with E-state index in [0.717, 1.165) is 17.5 Å². The topological polar surface area (TPSA) is 30.0 Å². The van der Waals surface area contributed by atoms with Gasteiger partial charge in [0, 0.05) is 24.2 Å². The molecule has 0 unspecified atom stereocenters. The lowest BCUT2D eigenvalue weighted by atomic mass is 9.87. The minimum absolute atomic E-state index is 0.225. The SMILES string of the molecule is Cc1cncc(CCC(=O)C(C)(C)C)c1. The van der Waals surface area contributed by atoms with E-state index in [1.165, 1.54) is 0 Å². The molecule has 0 saturated heterocycles. The number of aryl methyl sites for hydroxylation is 2. The number of hydrogen-bond donors (Lipinski definition) is 0. The molecule has 0 radical (unpaired) electrons. The van der Waals surface area contributed by atoms with Crippen LogP contribution in [0.4, 0.5) is 0 Å². The molecule has 0 fully saturated rings. The molecule has 0 aliphatic rings. The summed E-state index contributed by atoms with van der Waals surface area (Å²) in [5.74, 6) is 0.309. The maximum absolute atomic E-state index is 11.7. The highest BCUT2D eigenvalue weighted by molar-refractivity contribution is 5.83. The van der Waals surface area contributed by atoms with Gasteiger partial charge in [-0.2, -0.15) is 0 Å². The fourth-order valence-corrected chi connectivity index (χ4v) is 1.39. The number of nitrogens with zero attached hydrogens (tertiary/aromatic N) is 1. The zero-order valence-corrected chi connectivity index (χ0v) is 10.0. The maximum atomic E-state index is 11.7. The molecule has 1 aromatic heterocycles. The summed E-state index contributed by atoms with van der Waals surface area (Å²) in [7, 11) is 0. The molecule has 1 rings (SSSR count). The van der Waals surface area contributed by atoms with Gasteiger partial charge in [0.2, 0.25) is 0 Å². The predicted molar refractivity (Wildman–Crippen MR) is 61.8 cm³/mol. The van der Waals surface area contributed by atoms with Crippen LogP contribution in [-0.2, 0) is 11.2 Å². The van der Waals surface area contributed by atoms with Gasteiger partial charge < -0.3 is 0 Å². The normalized spacial score (nSPS) is 11.5. The number of Topliss-reactive ketones (excluding diaryl/α,β-unsaturated/α-hetero) is 1. The fraction of sp³-hybridized carbons (Fsp3) is 0.538. The van der Waals surface area contributed by atoms with Crippen molar-refractivity contribution in [3.63, 3.8) is 0 Å². The third-order valence-corrected chi connectivity index (χ3v) is 2.41. The number of carbonyl (C=O) groups excluding carboxylic acids is 1. The standard InChI is InChI=1S/C13H19NO/c1-10-7-11(9-14-8-10)5-6-12(15)13(2,3)4/h7-9H,5-6H2,1-4H3. The predicted octanol–water partition coefficient (Wildman–Crippen LogP) is 2.94. The van der Waals surface area contributed by atoms with Gasteiger partial charge >= 0.3 is 0 Å². The van der Waals surface area contributed by atoms with Crippen LogP contribution < -0.4 is 0 Å². The summed E-state index contributed by atoms with van der Waals surface area (Å²) in [5.41, 5.74) is 2.07. The van der Waals surface area contributed by atoms with Gasteiger partial charge in [-0.15, -0.1) is 0 Å². The van der Waals surface area contributed by atoms with E-state index in [9.17, 15) is 4.79 Å². The highest BCUT2D eigenvalue weighted by Gasteiger charge is 2.20. The Hall–Kier alpha value is -1.18. The Morgan fingerprint density at radius 1 is 1.33 bits per heavy atom. The lowest BCUT2D eigenvalue weighted by molar-refractivity contribution is -0.126. The van der Waals surface area contributed by atoms with Gasteiger partial charge in [-0.05, 0) is 24.5 Å². The van der Waals surface area contributed by atoms with E-state index in [-0.39, 0.29) is 5.41 Å². The Labute approximate surface area is 91.7 Å². The van der Waals surface area contributed by atoms with Crippen molar-refractivity contribution in [3.05, 3.63) is 29.6 Å². The van der Waals surface area contributed by atoms with Crippen LogP contribution in [0.2, 0.25) is 0 Å². The fourth-order valence-electron chi connectivity index (χ4n) is 1.39. The van der Waals surface area contributed by atoms with Crippen molar-refractivity contribution in [2.75, 3.05) is 0 Å². The molecule has 0 bridgehead atoms. The third kappa shape index (κ3) is 3.82. The second kappa shape index (κ2) is 4.56. The Morgan fingerprint density at radius 3 is 2.53 bits per heavy atom. The van der Waals surface area contributed by atoms with Gasteiger partial charge in [-0.3, -0.25) is 9.78 Å². The maximum Gasteiger partial charge on any atom is 0.138 e. The van der Waals surface area contributed by atoms with Crippen LogP contribution in [0.5, 0.6) is 0 Å². The highest BCUT2D eigenvalue weighted by atomic mass is 16.1. The molecule has 1 aromatic rings. The first-order valence-electron chi connectivity index (χ1n) is 5.33. The Balaban J connectivity index is 2.55. The molecular weight excluding hydrogens is 186 g/mol. The van der Waals surface area contributed by atoms with Crippen LogP contribution >= 0.6 is 0 Å². The van der Waals surface area contributed by atoms with E-state index >= 15 is 0 Å². The third-order valence-electron chi connectivity index (χ3n) is 2.41. The number of ketones is 1. The van der Waals surface area contributed by atoms with E-state index in [2.05, 4.69) is 11.1 Å². The summed E-state index contributed by atoms with van der Waals surface area (Å²) in [6, 6.07) is 2.09. The Morgan fingerprint density at radius 2 is 2.00 bits per heavy atom. The minimum Gasteiger partial charge on any atom is -0.299 e. The van der Waals surface area contributed by atoms with E-state index < -0.39 is 0 Å². The van der Waals surface area contributed by atoms with E-state index in [0.29, 0.717) is 12.2 Å². The van der Waals surface area contributed by atoms with Crippen LogP contribution in [0.1, 0.15) is 38.3 Å². The van der Waals surface area contributed by atoms with Crippen LogP contribution in [0.25, 0.3) is 0 Å². The van der Waals surface area contributed by atoms with Crippen molar-refractivity contribution in [2.45, 2.75) is 40.5 Å². The summed E-state index contributed by atoms with van der Waals surface area (Å²) < 4.78 is 0. The molecule has 0 saturated carbocycles. The smallest absolute Gasteiger partial charge is 0.138 e. The second-order valence-corrected chi connectivity index (χ2v) is 5.04. The van der Waals surface area contributed by atoms with Gasteiger partial charge in [0.05, 0.1) is 0 Å². The molecule has 2 nitrogen and oxygen atoms in total. The van der Waals surface area contributed by atoms with Crippen molar-refractivity contribution >= 4 is 5.78 Å². The van der Waals surface area contributed by atoms with E-state index in [1.54, 1.807) is 0 Å². The highest BCUT2D eigenvalue weighted by Crippen LogP contribution is 2.18. The van der Waals surface area contributed by atoms with Gasteiger partial charge in [0.1, 0.15) is 5.78 Å². The number of rotatable bonds is 3. The first-order valence-corrected chi connectivity index (χ1v) is 5.33. The molecule has 0 aromatic carbocycles. The molecule has 1 heterocycles. The van der Waals surface area contributed by atoms with Gasteiger partial charge in [0.25, 0.3) is 0 Å². The van der Waals surface area contributed by atoms with Gasteiger partial charge in [-0.25, -0.2) is 0 Å². The quantitative estimate of drug-likeness (QED) is 0.759. The average molecular weight is 205 g/mol. The zero-order valence-electron chi connectivity index (χ0n) is 10.0. The Kier molecular flexibility index (Phi) is 3.61. The van der Waals surface area contributed by atoms with Crippen molar-refractivity contribution < 1.29 is 4.79 Å². The van der Waals surface area contributed by atoms with Crippen molar-refractivity contribution in [2.24, 2.45) is 5.41 Å². The minimum atomic E-state index is -0.225. The molecule has 2 heteroatoms. The molecule has 0 amide bonds. The first kappa shape index (κ1) is 11.9. The Bertz CT molecular complexity index is 350. The van der Waals surface area contributed by atoms with Crippen LogP contribution in [-0.4, -0.2) is 10.8 Å². The molecule has 82 valence electrons. The van der Waals surface area contributed by atoms with Crippen molar-refractivity contribution in [1.29, 1.82) is 0 Å². The summed E-state index contributed by atoms with van der Waals surface area (Å²) >= 11 is 0. The second-order valence-electron chi connectivity index (χ2n) is 5.04. The molecular formula is C13H19NO. The summed E-state index contributed by atoms with van der Waals surface area (Å²) in [6.45, 7) is 7.90. The lowest BCUT2D eigenvalue weighted by Gasteiger charge is -2.16. The number of pyridine rings is 1. The van der Waals surface area contributed by atoms with Gasteiger partial charge in [-0.1, -0.05) is 26.8 Å². The zero-order chi connectivity index (χ0) is 11.5. The lowest BCUT2D eigenvalue weighted by Crippen LogP contribution is -2.20. The number of carbonyl (C=O) groups is 1. The molecule has 15 heavy (non-hydrogen) atoms. The van der Waals surface area contributed by atoms with Crippen LogP contribution in [0, 0.1) is 12.3 Å². The largest absolute Gasteiger partial charge is 0.299 e. The molecule has 0 spiro atoms. The van der Waals surface area contributed by atoms with Crippen LogP contribution in [0.15, 0.2) is 18.5 Å². The van der Waals surface area contributed by atoms with Crippen LogP contribution in [0.3, 0.4) is 0 Å². The molecule has 0 N–H and O–H groups in total. The van der Waals surface area contributed by atoms with Crippen molar-refractivity contribution in [3.8, 4) is 0 Å². The number of hydrogen-bond acceptors (Lipinski definition) is 2.